The van der Waals surface area contributed by atoms with E-state index in [-0.39, 0.29) is 0 Å². The zero-order chi connectivity index (χ0) is 15.4. The number of aliphatic hydroxyl groups excluding tert-OH is 1. The quantitative estimate of drug-likeness (QED) is 0.800. The molecule has 1 rings (SSSR count). The van der Waals surface area contributed by atoms with E-state index in [0.29, 0.717) is 25.0 Å². The number of nitrogen functional groups attached to an aromatic ring is 1. The summed E-state index contributed by atoms with van der Waals surface area (Å²) in [5.41, 5.74) is 8.40. The Morgan fingerprint density at radius 2 is 1.80 bits per heavy atom. The number of nitrogens with two attached hydrogens (primary N) is 1. The first-order valence-corrected chi connectivity index (χ1v) is 7.44. The van der Waals surface area contributed by atoms with E-state index in [4.69, 9.17) is 5.73 Å². The van der Waals surface area contributed by atoms with Crippen LogP contribution in [-0.2, 0) is 6.54 Å². The molecular formula is C15H30N4O. The van der Waals surface area contributed by atoms with E-state index in [1.165, 1.54) is 0 Å². The summed E-state index contributed by atoms with van der Waals surface area (Å²) in [4.78, 5) is 2.31. The van der Waals surface area contributed by atoms with Gasteiger partial charge in [-0.2, -0.15) is 5.10 Å². The van der Waals surface area contributed by atoms with Crippen LogP contribution < -0.4 is 5.73 Å². The molecule has 5 nitrogen and oxygen atoms in total. The Morgan fingerprint density at radius 3 is 2.20 bits per heavy atom. The van der Waals surface area contributed by atoms with E-state index >= 15 is 0 Å². The van der Waals surface area contributed by atoms with Gasteiger partial charge in [-0.3, -0.25) is 9.58 Å². The van der Waals surface area contributed by atoms with Crippen LogP contribution in [-0.4, -0.2) is 45.0 Å². The molecular weight excluding hydrogens is 252 g/mol. The molecule has 0 saturated carbocycles. The van der Waals surface area contributed by atoms with Crippen molar-refractivity contribution in [3.8, 4) is 0 Å². The van der Waals surface area contributed by atoms with Gasteiger partial charge in [0, 0.05) is 19.1 Å². The van der Waals surface area contributed by atoms with Gasteiger partial charge < -0.3 is 10.8 Å². The van der Waals surface area contributed by atoms with Gasteiger partial charge in [0.15, 0.2) is 0 Å². The molecule has 0 aliphatic carbocycles. The van der Waals surface area contributed by atoms with Crippen molar-refractivity contribution in [1.29, 1.82) is 0 Å². The summed E-state index contributed by atoms with van der Waals surface area (Å²) < 4.78 is 1.81. The lowest BCUT2D eigenvalue weighted by molar-refractivity contribution is 0.0734. The third-order valence-corrected chi connectivity index (χ3v) is 3.60. The number of aryl methyl sites for hydroxylation is 1. The Kier molecular flexibility index (Phi) is 6.02. The molecule has 0 bridgehead atoms. The van der Waals surface area contributed by atoms with Crippen molar-refractivity contribution in [3.05, 3.63) is 11.4 Å². The molecule has 0 aliphatic heterocycles. The summed E-state index contributed by atoms with van der Waals surface area (Å²) in [6, 6.07) is 0.428. The zero-order valence-electron chi connectivity index (χ0n) is 13.7. The van der Waals surface area contributed by atoms with Crippen LogP contribution in [0.3, 0.4) is 0 Å². The maximum atomic E-state index is 10.3. The smallest absolute Gasteiger partial charge is 0.0862 e. The van der Waals surface area contributed by atoms with Crippen molar-refractivity contribution < 1.29 is 5.11 Å². The lowest BCUT2D eigenvalue weighted by Crippen LogP contribution is -2.41. The summed E-state index contributed by atoms with van der Waals surface area (Å²) in [5, 5.41) is 14.7. The summed E-state index contributed by atoms with van der Waals surface area (Å²) >= 11 is 0. The third kappa shape index (κ3) is 4.49. The predicted octanol–water partition coefficient (Wildman–Crippen LogP) is 1.81. The van der Waals surface area contributed by atoms with Gasteiger partial charge >= 0.3 is 0 Å². The van der Waals surface area contributed by atoms with Crippen LogP contribution in [0.1, 0.15) is 39.1 Å². The van der Waals surface area contributed by atoms with Gasteiger partial charge in [-0.1, -0.05) is 13.8 Å². The lowest BCUT2D eigenvalue weighted by Gasteiger charge is -2.30. The molecule has 0 aliphatic rings. The number of nitrogens with zero attached hydrogens (tertiary/aromatic N) is 3. The molecule has 116 valence electrons. The molecule has 3 N–H and O–H groups in total. The maximum Gasteiger partial charge on any atom is 0.0862 e. The SMILES string of the molecule is Cc1nn(CC(O)CN(CC(C)C)C(C)C)c(C)c1N. The molecule has 0 saturated heterocycles. The molecule has 20 heavy (non-hydrogen) atoms. The van der Waals surface area contributed by atoms with Crippen molar-refractivity contribution in [2.75, 3.05) is 18.8 Å². The molecule has 1 heterocycles. The molecule has 1 atom stereocenters. The highest BCUT2D eigenvalue weighted by Gasteiger charge is 2.18. The average molecular weight is 282 g/mol. The minimum atomic E-state index is -0.437. The number of hydrogen-bond acceptors (Lipinski definition) is 4. The predicted molar refractivity (Wildman–Crippen MR) is 83.7 cm³/mol. The second kappa shape index (κ2) is 7.09. The second-order valence-electron chi connectivity index (χ2n) is 6.36. The van der Waals surface area contributed by atoms with Crippen molar-refractivity contribution >= 4 is 5.69 Å². The minimum absolute atomic E-state index is 0.428. The van der Waals surface area contributed by atoms with Gasteiger partial charge in [0.25, 0.3) is 0 Å². The number of anilines is 1. The molecule has 1 aromatic rings. The van der Waals surface area contributed by atoms with E-state index in [0.717, 1.165) is 23.6 Å². The summed E-state index contributed by atoms with van der Waals surface area (Å²) in [7, 11) is 0. The second-order valence-corrected chi connectivity index (χ2v) is 6.36. The van der Waals surface area contributed by atoms with E-state index < -0.39 is 6.10 Å². The van der Waals surface area contributed by atoms with E-state index in [2.05, 4.69) is 37.7 Å². The fourth-order valence-electron chi connectivity index (χ4n) is 2.38. The summed E-state index contributed by atoms with van der Waals surface area (Å²) in [5.74, 6) is 0.592. The van der Waals surface area contributed by atoms with E-state index in [9.17, 15) is 5.11 Å². The summed E-state index contributed by atoms with van der Waals surface area (Å²) in [6.07, 6.45) is -0.437. The average Bonchev–Trinajstić information content (AvgIpc) is 2.55. The Hall–Kier alpha value is -1.07. The molecule has 0 aromatic carbocycles. The molecule has 1 unspecified atom stereocenters. The van der Waals surface area contributed by atoms with Crippen LogP contribution in [0, 0.1) is 19.8 Å². The van der Waals surface area contributed by atoms with Crippen molar-refractivity contribution in [2.24, 2.45) is 5.92 Å². The van der Waals surface area contributed by atoms with Gasteiger partial charge in [0.2, 0.25) is 0 Å². The van der Waals surface area contributed by atoms with Crippen molar-refractivity contribution in [3.63, 3.8) is 0 Å². The molecule has 5 heteroatoms. The standard InChI is InChI=1S/C15H30N4O/c1-10(2)7-18(11(3)4)8-14(20)9-19-13(6)15(16)12(5)17-19/h10-11,14,20H,7-9,16H2,1-6H3. The molecule has 0 fully saturated rings. The molecule has 0 spiro atoms. The Labute approximate surface area is 122 Å². The maximum absolute atomic E-state index is 10.3. The zero-order valence-corrected chi connectivity index (χ0v) is 13.7. The Morgan fingerprint density at radius 1 is 1.20 bits per heavy atom. The fourth-order valence-corrected chi connectivity index (χ4v) is 2.38. The highest BCUT2D eigenvalue weighted by molar-refractivity contribution is 5.46. The van der Waals surface area contributed by atoms with E-state index in [1.54, 1.807) is 0 Å². The van der Waals surface area contributed by atoms with Crippen LogP contribution in [0.25, 0.3) is 0 Å². The summed E-state index contributed by atoms with van der Waals surface area (Å²) in [6.45, 7) is 14.7. The normalized spacial score (nSPS) is 13.7. The highest BCUT2D eigenvalue weighted by Crippen LogP contribution is 2.15. The number of aromatic nitrogens is 2. The van der Waals surface area contributed by atoms with Gasteiger partial charge in [-0.25, -0.2) is 0 Å². The monoisotopic (exact) mass is 282 g/mol. The topological polar surface area (TPSA) is 67.3 Å². The van der Waals surface area contributed by atoms with Crippen LogP contribution in [0.4, 0.5) is 5.69 Å². The van der Waals surface area contributed by atoms with Crippen LogP contribution >= 0.6 is 0 Å². The first-order valence-electron chi connectivity index (χ1n) is 7.44. The van der Waals surface area contributed by atoms with Crippen molar-refractivity contribution in [2.45, 2.75) is 60.2 Å². The number of hydrogen-bond donors (Lipinski definition) is 2. The third-order valence-electron chi connectivity index (χ3n) is 3.60. The van der Waals surface area contributed by atoms with Gasteiger partial charge in [-0.15, -0.1) is 0 Å². The molecule has 0 amide bonds. The molecule has 1 aromatic heterocycles. The van der Waals surface area contributed by atoms with Gasteiger partial charge in [-0.05, 0) is 33.6 Å². The van der Waals surface area contributed by atoms with Crippen LogP contribution in [0.2, 0.25) is 0 Å². The first-order chi connectivity index (χ1) is 9.22. The molecule has 0 radical (unpaired) electrons. The Balaban J connectivity index is 2.65. The number of aliphatic hydroxyl groups is 1. The minimum Gasteiger partial charge on any atom is -0.396 e. The van der Waals surface area contributed by atoms with E-state index in [1.807, 2.05) is 18.5 Å². The largest absolute Gasteiger partial charge is 0.396 e. The van der Waals surface area contributed by atoms with Crippen LogP contribution in [0.5, 0.6) is 0 Å². The number of rotatable bonds is 7. The highest BCUT2D eigenvalue weighted by atomic mass is 16.3. The van der Waals surface area contributed by atoms with Gasteiger partial charge in [0.1, 0.15) is 0 Å². The fraction of sp³-hybridized carbons (Fsp3) is 0.800. The lowest BCUT2D eigenvalue weighted by atomic mass is 10.1. The van der Waals surface area contributed by atoms with Gasteiger partial charge in [0.05, 0.1) is 29.7 Å². The van der Waals surface area contributed by atoms with Crippen molar-refractivity contribution in [1.82, 2.24) is 14.7 Å². The van der Waals surface area contributed by atoms with Crippen LogP contribution in [0.15, 0.2) is 0 Å². The first kappa shape index (κ1) is 17.0. The Bertz CT molecular complexity index is 426.